The van der Waals surface area contributed by atoms with Gasteiger partial charge in [0.05, 0.1) is 16.3 Å². The molecule has 0 aromatic carbocycles. The Balaban J connectivity index is 1.89. The zero-order valence-corrected chi connectivity index (χ0v) is 18.8. The summed E-state index contributed by atoms with van der Waals surface area (Å²) in [5.74, 6) is -2.66. The number of likely N-dealkylation sites (tertiary alicyclic amines) is 1. The van der Waals surface area contributed by atoms with E-state index in [0.717, 1.165) is 30.1 Å². The number of nitrogens with two attached hydrogens (primary N) is 1. The first-order valence-electron chi connectivity index (χ1n) is 9.85. The first kappa shape index (κ1) is 24.4. The van der Waals surface area contributed by atoms with Crippen molar-refractivity contribution in [2.24, 2.45) is 5.73 Å². The molecule has 0 spiro atoms. The molecule has 0 aliphatic carbocycles. The molecule has 2 aromatic rings. The van der Waals surface area contributed by atoms with Crippen molar-refractivity contribution in [2.45, 2.75) is 50.7 Å². The zero-order valence-electron chi connectivity index (χ0n) is 18.0. The van der Waals surface area contributed by atoms with Gasteiger partial charge in [-0.2, -0.15) is 13.2 Å². The van der Waals surface area contributed by atoms with Gasteiger partial charge in [-0.1, -0.05) is 11.3 Å². The Bertz CT molecular complexity index is 1100. The Kier molecular flexibility index (Phi) is 6.13. The third-order valence-corrected chi connectivity index (χ3v) is 6.89. The second kappa shape index (κ2) is 8.28. The van der Waals surface area contributed by atoms with Crippen molar-refractivity contribution in [3.8, 4) is 10.4 Å². The highest BCUT2D eigenvalue weighted by Crippen LogP contribution is 2.41. The first-order chi connectivity index (χ1) is 15.2. The van der Waals surface area contributed by atoms with Crippen molar-refractivity contribution >= 4 is 34.4 Å². The van der Waals surface area contributed by atoms with Gasteiger partial charge in [-0.15, -0.1) is 0 Å². The standard InChI is InChI=1S/C20H22F3N5O4S/c1-10-13(11-5-7-25-12(9-11)18(2,3)20(21,22)23)33-16(26-10)27-17(32)28-8-4-6-19(28,14(24)29)15(30)31/h5,7,9H,4,6,8H2,1-3H3,(H2,24,29)(H,30,31)(H,26,27,32)/t19-/m0/s1. The quantitative estimate of drug-likeness (QED) is 0.556. The van der Waals surface area contributed by atoms with E-state index in [1.807, 2.05) is 0 Å². The van der Waals surface area contributed by atoms with Crippen LogP contribution in [0.5, 0.6) is 0 Å². The third kappa shape index (κ3) is 4.12. The van der Waals surface area contributed by atoms with Gasteiger partial charge < -0.3 is 10.8 Å². The molecular weight excluding hydrogens is 463 g/mol. The summed E-state index contributed by atoms with van der Waals surface area (Å²) in [5.41, 5.74) is 1.68. The summed E-state index contributed by atoms with van der Waals surface area (Å²) in [6.07, 6.45) is -3.07. The molecule has 1 atom stereocenters. The highest BCUT2D eigenvalue weighted by Gasteiger charge is 2.55. The average molecular weight is 485 g/mol. The zero-order chi connectivity index (χ0) is 24.8. The third-order valence-electron chi connectivity index (χ3n) is 5.77. The normalized spacial score (nSPS) is 18.9. The molecule has 1 fully saturated rings. The minimum atomic E-state index is -4.51. The molecule has 4 N–H and O–H groups in total. The number of aliphatic carboxylic acids is 1. The molecule has 13 heteroatoms. The number of amides is 3. The number of carbonyl (C=O) groups excluding carboxylic acids is 2. The molecule has 178 valence electrons. The number of pyridine rings is 1. The van der Waals surface area contributed by atoms with E-state index < -0.39 is 35.0 Å². The monoisotopic (exact) mass is 485 g/mol. The van der Waals surface area contributed by atoms with E-state index in [2.05, 4.69) is 15.3 Å². The molecule has 1 aliphatic rings. The summed E-state index contributed by atoms with van der Waals surface area (Å²) in [6, 6.07) is 2.00. The maximum atomic E-state index is 13.4. The lowest BCUT2D eigenvalue weighted by Crippen LogP contribution is -2.61. The van der Waals surface area contributed by atoms with E-state index in [4.69, 9.17) is 5.73 Å². The van der Waals surface area contributed by atoms with Gasteiger partial charge in [-0.25, -0.2) is 14.6 Å². The highest BCUT2D eigenvalue weighted by atomic mass is 32.1. The van der Waals surface area contributed by atoms with Gasteiger partial charge in [0.1, 0.15) is 5.41 Å². The van der Waals surface area contributed by atoms with E-state index in [-0.39, 0.29) is 30.2 Å². The van der Waals surface area contributed by atoms with Gasteiger partial charge in [-0.3, -0.25) is 20.0 Å². The smallest absolute Gasteiger partial charge is 0.399 e. The summed E-state index contributed by atoms with van der Waals surface area (Å²) in [6.45, 7) is 3.71. The molecular formula is C20H22F3N5O4S. The van der Waals surface area contributed by atoms with Crippen LogP contribution in [0.2, 0.25) is 0 Å². The van der Waals surface area contributed by atoms with Crippen LogP contribution in [0.4, 0.5) is 23.1 Å². The molecule has 2 aromatic heterocycles. The van der Waals surface area contributed by atoms with Gasteiger partial charge in [0.2, 0.25) is 5.54 Å². The lowest BCUT2D eigenvalue weighted by molar-refractivity contribution is -0.181. The molecule has 9 nitrogen and oxygen atoms in total. The van der Waals surface area contributed by atoms with Gasteiger partial charge in [0.15, 0.2) is 5.13 Å². The number of nitrogens with zero attached hydrogens (tertiary/aromatic N) is 3. The number of carboxylic acid groups (broad SMARTS) is 1. The molecule has 0 saturated carbocycles. The van der Waals surface area contributed by atoms with Crippen molar-refractivity contribution < 1.29 is 32.7 Å². The summed E-state index contributed by atoms with van der Waals surface area (Å²) in [5, 5.41) is 12.1. The van der Waals surface area contributed by atoms with Crippen LogP contribution in [-0.4, -0.2) is 56.1 Å². The predicted molar refractivity (Wildman–Crippen MR) is 114 cm³/mol. The number of primary amides is 1. The number of carbonyl (C=O) groups is 3. The van der Waals surface area contributed by atoms with Crippen LogP contribution in [0.25, 0.3) is 10.4 Å². The second-order valence-corrected chi connectivity index (χ2v) is 9.20. The molecule has 33 heavy (non-hydrogen) atoms. The van der Waals surface area contributed by atoms with Crippen LogP contribution in [-0.2, 0) is 15.0 Å². The van der Waals surface area contributed by atoms with E-state index in [9.17, 15) is 32.7 Å². The summed E-state index contributed by atoms with van der Waals surface area (Å²) in [7, 11) is 0. The number of anilines is 1. The molecule has 1 aliphatic heterocycles. The molecule has 3 heterocycles. The minimum absolute atomic E-state index is 0.0124. The number of alkyl halides is 3. The lowest BCUT2D eigenvalue weighted by Gasteiger charge is -2.31. The fourth-order valence-electron chi connectivity index (χ4n) is 3.61. The van der Waals surface area contributed by atoms with Gasteiger partial charge in [0, 0.05) is 12.7 Å². The largest absolute Gasteiger partial charge is 0.479 e. The van der Waals surface area contributed by atoms with E-state index >= 15 is 0 Å². The number of carboxylic acids is 1. The van der Waals surface area contributed by atoms with Crippen LogP contribution in [0.1, 0.15) is 38.1 Å². The number of hydrogen-bond acceptors (Lipinski definition) is 6. The number of thiazole rings is 1. The van der Waals surface area contributed by atoms with Crippen LogP contribution < -0.4 is 11.1 Å². The highest BCUT2D eigenvalue weighted by molar-refractivity contribution is 7.19. The van der Waals surface area contributed by atoms with Crippen molar-refractivity contribution in [2.75, 3.05) is 11.9 Å². The van der Waals surface area contributed by atoms with E-state index in [1.165, 1.54) is 18.3 Å². The van der Waals surface area contributed by atoms with Crippen LogP contribution in [0, 0.1) is 6.92 Å². The van der Waals surface area contributed by atoms with Crippen LogP contribution >= 0.6 is 11.3 Å². The maximum Gasteiger partial charge on any atom is 0.399 e. The predicted octanol–water partition coefficient (Wildman–Crippen LogP) is 3.29. The topological polar surface area (TPSA) is 139 Å². The lowest BCUT2D eigenvalue weighted by atomic mass is 9.87. The Morgan fingerprint density at radius 2 is 1.97 bits per heavy atom. The summed E-state index contributed by atoms with van der Waals surface area (Å²) in [4.78, 5) is 45.9. The van der Waals surface area contributed by atoms with Gasteiger partial charge in [-0.05, 0) is 51.3 Å². The maximum absolute atomic E-state index is 13.4. The molecule has 1 saturated heterocycles. The number of rotatable bonds is 5. The molecule has 3 amide bonds. The average Bonchev–Trinajstić information content (AvgIpc) is 3.31. The molecule has 0 radical (unpaired) electrons. The minimum Gasteiger partial charge on any atom is -0.479 e. The number of urea groups is 1. The fourth-order valence-corrected chi connectivity index (χ4v) is 4.57. The SMILES string of the molecule is Cc1nc(NC(=O)N2CCC[C@]2(C(N)=O)C(=O)O)sc1-c1ccnc(C(C)(C)C(F)(F)F)c1. The van der Waals surface area contributed by atoms with Crippen molar-refractivity contribution in [1.82, 2.24) is 14.9 Å². The Labute approximate surface area is 190 Å². The molecule has 0 unspecified atom stereocenters. The number of nitrogens with one attached hydrogen (secondary N) is 1. The number of hydrogen-bond donors (Lipinski definition) is 3. The summed E-state index contributed by atoms with van der Waals surface area (Å²) >= 11 is 1.00. The first-order valence-corrected chi connectivity index (χ1v) is 10.7. The number of aromatic nitrogens is 2. The van der Waals surface area contributed by atoms with Gasteiger partial charge >= 0.3 is 18.2 Å². The summed E-state index contributed by atoms with van der Waals surface area (Å²) < 4.78 is 40.3. The number of aryl methyl sites for hydroxylation is 1. The second-order valence-electron chi connectivity index (χ2n) is 8.20. The van der Waals surface area contributed by atoms with Crippen molar-refractivity contribution in [3.05, 3.63) is 29.7 Å². The van der Waals surface area contributed by atoms with Crippen molar-refractivity contribution in [3.63, 3.8) is 0 Å². The number of halogens is 3. The molecule has 0 bridgehead atoms. The van der Waals surface area contributed by atoms with E-state index in [0.29, 0.717) is 16.1 Å². The Morgan fingerprint density at radius 1 is 1.30 bits per heavy atom. The van der Waals surface area contributed by atoms with Gasteiger partial charge in [0.25, 0.3) is 5.91 Å². The van der Waals surface area contributed by atoms with Crippen molar-refractivity contribution in [1.29, 1.82) is 0 Å². The molecule has 3 rings (SSSR count). The Morgan fingerprint density at radius 3 is 2.55 bits per heavy atom. The Hall–Kier alpha value is -3.22. The van der Waals surface area contributed by atoms with E-state index in [1.54, 1.807) is 6.92 Å². The van der Waals surface area contributed by atoms with Crippen LogP contribution in [0.15, 0.2) is 18.3 Å². The fraction of sp³-hybridized carbons (Fsp3) is 0.450. The van der Waals surface area contributed by atoms with Crippen LogP contribution in [0.3, 0.4) is 0 Å².